The largest absolute Gasteiger partial charge is 0.463 e. The van der Waals surface area contributed by atoms with Gasteiger partial charge in [-0.15, -0.1) is 0 Å². The molecule has 0 radical (unpaired) electrons. The third kappa shape index (κ3) is 14.9. The van der Waals surface area contributed by atoms with Crippen LogP contribution in [-0.2, 0) is 43.0 Å². The topological polar surface area (TPSA) is 101 Å². The van der Waals surface area contributed by atoms with E-state index in [0.717, 1.165) is 67.2 Å². The van der Waals surface area contributed by atoms with Crippen LogP contribution in [-0.4, -0.2) is 34.0 Å². The minimum atomic E-state index is -0.746. The van der Waals surface area contributed by atoms with E-state index in [1.54, 1.807) is 0 Å². The molecule has 0 aliphatic heterocycles. The second-order valence-electron chi connectivity index (χ2n) is 19.4. The van der Waals surface area contributed by atoms with Gasteiger partial charge in [-0.3, -0.25) is 4.79 Å². The molecule has 0 saturated heterocycles. The molecule has 6 heteroatoms. The van der Waals surface area contributed by atoms with Crippen molar-refractivity contribution in [3.8, 4) is 22.3 Å². The van der Waals surface area contributed by atoms with Gasteiger partial charge in [0.25, 0.3) is 6.47 Å². The number of benzene rings is 6. The standard InChI is InChI=1S/C33H40O3.C33H42O.CO2/c1-6-32(35,7-2)20-19-27-13-18-31(21-25(27)5)33(8-3,9-4)30-16-14-28(15-17-30)29-12-10-11-26(22-29)23-36-24-34;1-7-26-13-12-14-29(24-26)28-16-18-30(19-17-28)33(10-4,11-5)31-20-15-27(25(6)23-31)21-22-32(34,8-2)9-3;2-1-3/h10-22,24,35H,6-9,23H2,1-5H3;12-24,34H,7-11H2,1-6H3;/b20-19+;22-21+;. The molecule has 0 saturated carbocycles. The Labute approximate surface area is 438 Å². The fraction of sp³-hybridized carbons (Fsp3) is 0.373. The minimum absolute atomic E-state index is 0.00955. The Morgan fingerprint density at radius 1 is 0.452 bits per heavy atom. The van der Waals surface area contributed by atoms with Crippen LogP contribution in [0.15, 0.2) is 146 Å². The monoisotopic (exact) mass is 983 g/mol. The van der Waals surface area contributed by atoms with Crippen LogP contribution in [0.4, 0.5) is 0 Å². The van der Waals surface area contributed by atoms with E-state index < -0.39 is 11.2 Å². The molecule has 6 nitrogen and oxygen atoms in total. The molecule has 0 aliphatic carbocycles. The highest BCUT2D eigenvalue weighted by Gasteiger charge is 2.32. The first-order chi connectivity index (χ1) is 35.1. The molecule has 0 spiro atoms. The summed E-state index contributed by atoms with van der Waals surface area (Å²) in [5, 5.41) is 21.3. The summed E-state index contributed by atoms with van der Waals surface area (Å²) >= 11 is 0. The summed E-state index contributed by atoms with van der Waals surface area (Å²) in [6.45, 7) is 24.5. The Hall–Kier alpha value is -6.43. The lowest BCUT2D eigenvalue weighted by atomic mass is 9.70. The minimum Gasteiger partial charge on any atom is -0.463 e. The van der Waals surface area contributed by atoms with Crippen LogP contribution in [0, 0.1) is 13.8 Å². The lowest BCUT2D eigenvalue weighted by Crippen LogP contribution is -2.26. The smallest absolute Gasteiger partial charge is 0.373 e. The molecule has 6 aromatic carbocycles. The zero-order valence-corrected chi connectivity index (χ0v) is 45.7. The van der Waals surface area contributed by atoms with E-state index in [0.29, 0.717) is 19.3 Å². The summed E-state index contributed by atoms with van der Waals surface area (Å²) in [4.78, 5) is 26.8. The van der Waals surface area contributed by atoms with E-state index in [-0.39, 0.29) is 23.6 Å². The van der Waals surface area contributed by atoms with Gasteiger partial charge in [0.1, 0.15) is 6.61 Å². The number of hydrogen-bond acceptors (Lipinski definition) is 6. The fourth-order valence-electron chi connectivity index (χ4n) is 10.2. The molecule has 0 bridgehead atoms. The van der Waals surface area contributed by atoms with Gasteiger partial charge in [-0.05, 0) is 156 Å². The summed E-state index contributed by atoms with van der Waals surface area (Å²) in [6, 6.07) is 48.7. The molecule has 0 heterocycles. The molecule has 2 N–H and O–H groups in total. The highest BCUT2D eigenvalue weighted by Crippen LogP contribution is 2.42. The summed E-state index contributed by atoms with van der Waals surface area (Å²) in [5.41, 5.74) is 15.8. The zero-order valence-electron chi connectivity index (χ0n) is 45.7. The summed E-state index contributed by atoms with van der Waals surface area (Å²) in [5.74, 6) is 0. The number of hydrogen-bond donors (Lipinski definition) is 2. The van der Waals surface area contributed by atoms with Crippen molar-refractivity contribution in [1.82, 2.24) is 0 Å². The lowest BCUT2D eigenvalue weighted by molar-refractivity contribution is -0.191. The Kier molecular flexibility index (Phi) is 22.8. The van der Waals surface area contributed by atoms with E-state index in [4.69, 9.17) is 14.3 Å². The third-order valence-corrected chi connectivity index (χ3v) is 15.8. The lowest BCUT2D eigenvalue weighted by Gasteiger charge is -2.34. The summed E-state index contributed by atoms with van der Waals surface area (Å²) in [7, 11) is 0. The first kappa shape index (κ1) is 59.1. The Morgan fingerprint density at radius 2 is 0.808 bits per heavy atom. The molecule has 0 atom stereocenters. The average Bonchev–Trinajstić information content (AvgIpc) is 3.43. The fourth-order valence-corrected chi connectivity index (χ4v) is 10.2. The van der Waals surface area contributed by atoms with Crippen LogP contribution in [0.5, 0.6) is 0 Å². The van der Waals surface area contributed by atoms with Crippen LogP contribution in [0.3, 0.4) is 0 Å². The maximum Gasteiger partial charge on any atom is 0.373 e. The third-order valence-electron chi connectivity index (χ3n) is 15.8. The van der Waals surface area contributed by atoms with Gasteiger partial charge in [0.05, 0.1) is 11.2 Å². The number of aryl methyl sites for hydroxylation is 3. The van der Waals surface area contributed by atoms with E-state index in [1.165, 1.54) is 55.6 Å². The Bertz CT molecular complexity index is 2740. The number of carbonyl (C=O) groups is 1. The average molecular weight is 983 g/mol. The molecule has 6 rings (SSSR count). The number of carbonyl (C=O) groups excluding carboxylic acids is 3. The number of aliphatic hydroxyl groups is 2. The highest BCUT2D eigenvalue weighted by atomic mass is 16.5. The van der Waals surface area contributed by atoms with Crippen molar-refractivity contribution in [1.29, 1.82) is 0 Å². The number of ether oxygens (including phenoxy) is 1. The van der Waals surface area contributed by atoms with Crippen molar-refractivity contribution in [3.05, 3.63) is 201 Å². The van der Waals surface area contributed by atoms with Crippen LogP contribution in [0.2, 0.25) is 0 Å². The molecule has 0 aliphatic rings. The maximum atomic E-state index is 10.6. The van der Waals surface area contributed by atoms with Crippen LogP contribution >= 0.6 is 0 Å². The SMILES string of the molecule is CCC(O)(/C=C/c1ccc(C(CC)(CC)c2ccc(-c3cccc(COC=O)c3)cc2)cc1C)CC.CCc1cccc(-c2ccc(C(CC)(CC)c3ccc(/C=C/C(O)(CC)CC)c(C)c3)cc2)c1.O=C=O. The first-order valence-corrected chi connectivity index (χ1v) is 26.6. The van der Waals surface area contributed by atoms with Crippen molar-refractivity contribution < 1.29 is 29.3 Å². The van der Waals surface area contributed by atoms with Crippen LogP contribution in [0.25, 0.3) is 34.4 Å². The normalized spacial score (nSPS) is 11.9. The molecule has 0 unspecified atom stereocenters. The second-order valence-corrected chi connectivity index (χ2v) is 19.4. The Balaban J connectivity index is 0.000000301. The van der Waals surface area contributed by atoms with E-state index in [9.17, 15) is 15.0 Å². The van der Waals surface area contributed by atoms with E-state index in [2.05, 4.69) is 182 Å². The molecular formula is C67H82O6. The maximum absolute atomic E-state index is 10.6. The van der Waals surface area contributed by atoms with Crippen LogP contribution < -0.4 is 0 Å². The second kappa shape index (κ2) is 28.1. The summed E-state index contributed by atoms with van der Waals surface area (Å²) < 4.78 is 4.92. The van der Waals surface area contributed by atoms with Crippen molar-refractivity contribution in [2.24, 2.45) is 0 Å². The molecule has 0 amide bonds. The molecule has 386 valence electrons. The predicted molar refractivity (Wildman–Crippen MR) is 303 cm³/mol. The van der Waals surface area contributed by atoms with Gasteiger partial charge in [0, 0.05) is 10.8 Å². The molecule has 73 heavy (non-hydrogen) atoms. The molecule has 6 aromatic rings. The van der Waals surface area contributed by atoms with Crippen molar-refractivity contribution in [2.75, 3.05) is 0 Å². The zero-order chi connectivity index (χ0) is 53.7. The molecular weight excluding hydrogens is 901 g/mol. The van der Waals surface area contributed by atoms with Crippen molar-refractivity contribution in [3.63, 3.8) is 0 Å². The van der Waals surface area contributed by atoms with E-state index >= 15 is 0 Å². The van der Waals surface area contributed by atoms with Gasteiger partial charge in [-0.25, -0.2) is 0 Å². The van der Waals surface area contributed by atoms with Gasteiger partial charge >= 0.3 is 6.15 Å². The van der Waals surface area contributed by atoms with Gasteiger partial charge in [-0.1, -0.05) is 214 Å². The highest BCUT2D eigenvalue weighted by molar-refractivity contribution is 5.67. The van der Waals surface area contributed by atoms with Crippen molar-refractivity contribution in [2.45, 2.75) is 163 Å². The van der Waals surface area contributed by atoms with E-state index in [1.807, 2.05) is 52.0 Å². The van der Waals surface area contributed by atoms with Gasteiger partial charge in [-0.2, -0.15) is 9.59 Å². The van der Waals surface area contributed by atoms with Gasteiger partial charge in [0.2, 0.25) is 0 Å². The predicted octanol–water partition coefficient (Wildman–Crippen LogP) is 16.3. The quantitative estimate of drug-likeness (QED) is 0.0657. The number of rotatable bonds is 22. The molecule has 0 fully saturated rings. The first-order valence-electron chi connectivity index (χ1n) is 26.6. The van der Waals surface area contributed by atoms with Crippen molar-refractivity contribution >= 4 is 24.8 Å². The Morgan fingerprint density at radius 3 is 1.14 bits per heavy atom. The molecule has 0 aromatic heterocycles. The van der Waals surface area contributed by atoms with Gasteiger partial charge < -0.3 is 14.9 Å². The van der Waals surface area contributed by atoms with Crippen LogP contribution in [0.1, 0.15) is 169 Å². The van der Waals surface area contributed by atoms with Gasteiger partial charge in [0.15, 0.2) is 0 Å². The summed E-state index contributed by atoms with van der Waals surface area (Å²) in [6.07, 6.45) is 16.3.